The Kier molecular flexibility index (Phi) is 5.02. The summed E-state index contributed by atoms with van der Waals surface area (Å²) in [6.45, 7) is 1.89. The summed E-state index contributed by atoms with van der Waals surface area (Å²) in [4.78, 5) is 24.2. The van der Waals surface area contributed by atoms with E-state index in [4.69, 9.17) is 4.74 Å². The van der Waals surface area contributed by atoms with Crippen LogP contribution in [0, 0.1) is 17.3 Å². The minimum absolute atomic E-state index is 0.0581. The number of aliphatic carboxylic acids is 1. The predicted octanol–water partition coefficient (Wildman–Crippen LogP) is 4.17. The quantitative estimate of drug-likeness (QED) is 0.727. The summed E-state index contributed by atoms with van der Waals surface area (Å²) in [6.07, 6.45) is 1.24. The summed E-state index contributed by atoms with van der Waals surface area (Å²) in [5.41, 5.74) is 4.05. The third kappa shape index (κ3) is 3.58. The predicted molar refractivity (Wildman–Crippen MR) is 109 cm³/mol. The van der Waals surface area contributed by atoms with E-state index in [9.17, 15) is 14.7 Å². The minimum Gasteiger partial charge on any atom is -0.480 e. The van der Waals surface area contributed by atoms with Gasteiger partial charge in [0.05, 0.1) is 0 Å². The number of ether oxygens (including phenoxy) is 1. The van der Waals surface area contributed by atoms with Gasteiger partial charge < -0.3 is 15.2 Å². The molecule has 0 saturated heterocycles. The van der Waals surface area contributed by atoms with E-state index in [1.807, 2.05) is 36.4 Å². The second-order valence-electron chi connectivity index (χ2n) is 7.71. The SMILES string of the molecule is CC#CCC1([C@@H](NC(=O)OCC2c3ccccc3-c3ccccc32)C(=O)O)CC1. The lowest BCUT2D eigenvalue weighted by Crippen LogP contribution is -2.47. The number of nitrogens with one attached hydrogen (secondary N) is 1. The fourth-order valence-electron chi connectivity index (χ4n) is 4.23. The molecule has 0 heterocycles. The van der Waals surface area contributed by atoms with Gasteiger partial charge in [0.2, 0.25) is 0 Å². The molecule has 0 aliphatic heterocycles. The van der Waals surface area contributed by atoms with Crippen LogP contribution in [0.3, 0.4) is 0 Å². The van der Waals surface area contributed by atoms with Gasteiger partial charge in [0.1, 0.15) is 12.6 Å². The van der Waals surface area contributed by atoms with E-state index < -0.39 is 23.5 Å². The molecule has 4 rings (SSSR count). The summed E-state index contributed by atoms with van der Waals surface area (Å²) >= 11 is 0. The van der Waals surface area contributed by atoms with Gasteiger partial charge in [-0.25, -0.2) is 9.59 Å². The van der Waals surface area contributed by atoms with Crippen molar-refractivity contribution in [1.82, 2.24) is 5.32 Å². The largest absolute Gasteiger partial charge is 0.480 e. The van der Waals surface area contributed by atoms with Crippen molar-refractivity contribution in [2.45, 2.75) is 38.1 Å². The Morgan fingerprint density at radius 3 is 2.24 bits per heavy atom. The average Bonchev–Trinajstić information content (AvgIpc) is 3.45. The highest BCUT2D eigenvalue weighted by molar-refractivity contribution is 5.82. The van der Waals surface area contributed by atoms with Crippen molar-refractivity contribution < 1.29 is 19.4 Å². The van der Waals surface area contributed by atoms with E-state index in [2.05, 4.69) is 29.3 Å². The highest BCUT2D eigenvalue weighted by Crippen LogP contribution is 2.51. The number of amides is 1. The normalized spacial score (nSPS) is 16.6. The molecule has 0 spiro atoms. The Morgan fingerprint density at radius 2 is 1.72 bits per heavy atom. The lowest BCUT2D eigenvalue weighted by Gasteiger charge is -2.23. The molecular weight excluding hydrogens is 366 g/mol. The molecule has 2 N–H and O–H groups in total. The fraction of sp³-hybridized carbons (Fsp3) is 0.333. The number of carbonyl (C=O) groups is 2. The molecular formula is C24H23NO4. The van der Waals surface area contributed by atoms with E-state index in [0.29, 0.717) is 6.42 Å². The van der Waals surface area contributed by atoms with Crippen molar-refractivity contribution >= 4 is 12.1 Å². The van der Waals surface area contributed by atoms with Crippen LogP contribution in [0.5, 0.6) is 0 Å². The second-order valence-corrected chi connectivity index (χ2v) is 7.71. The van der Waals surface area contributed by atoms with Crippen LogP contribution in [0.1, 0.15) is 43.2 Å². The van der Waals surface area contributed by atoms with Crippen LogP contribution in [0.25, 0.3) is 11.1 Å². The molecule has 2 aliphatic rings. The monoisotopic (exact) mass is 389 g/mol. The van der Waals surface area contributed by atoms with Gasteiger partial charge in [-0.15, -0.1) is 11.8 Å². The van der Waals surface area contributed by atoms with Gasteiger partial charge in [0, 0.05) is 17.8 Å². The first-order chi connectivity index (χ1) is 14.1. The molecule has 5 nitrogen and oxygen atoms in total. The number of carbonyl (C=O) groups excluding carboxylic acids is 1. The molecule has 0 unspecified atom stereocenters. The Balaban J connectivity index is 1.46. The molecule has 0 aromatic heterocycles. The Hall–Kier alpha value is -3.26. The minimum atomic E-state index is -1.05. The molecule has 1 fully saturated rings. The van der Waals surface area contributed by atoms with Crippen LogP contribution >= 0.6 is 0 Å². The molecule has 2 aromatic carbocycles. The van der Waals surface area contributed by atoms with Crippen molar-refractivity contribution in [3.63, 3.8) is 0 Å². The summed E-state index contributed by atoms with van der Waals surface area (Å²) in [7, 11) is 0. The lowest BCUT2D eigenvalue weighted by atomic mass is 9.93. The molecule has 5 heteroatoms. The first kappa shape index (κ1) is 19.1. The summed E-state index contributed by atoms with van der Waals surface area (Å²) in [6, 6.07) is 15.2. The molecule has 0 bridgehead atoms. The molecule has 1 amide bonds. The van der Waals surface area contributed by atoms with Crippen LogP contribution in [-0.2, 0) is 9.53 Å². The van der Waals surface area contributed by atoms with Crippen molar-refractivity contribution in [3.8, 4) is 23.0 Å². The zero-order valence-electron chi connectivity index (χ0n) is 16.3. The fourth-order valence-corrected chi connectivity index (χ4v) is 4.23. The number of fused-ring (bicyclic) bond motifs is 3. The van der Waals surface area contributed by atoms with Crippen LogP contribution in [0.4, 0.5) is 4.79 Å². The maximum absolute atomic E-state index is 12.5. The van der Waals surface area contributed by atoms with Crippen molar-refractivity contribution in [1.29, 1.82) is 0 Å². The number of carboxylic acid groups (broad SMARTS) is 1. The third-order valence-corrected chi connectivity index (χ3v) is 5.97. The number of rotatable bonds is 6. The van der Waals surface area contributed by atoms with E-state index >= 15 is 0 Å². The lowest BCUT2D eigenvalue weighted by molar-refractivity contribution is -0.141. The van der Waals surface area contributed by atoms with E-state index in [-0.39, 0.29) is 12.5 Å². The maximum atomic E-state index is 12.5. The molecule has 2 aliphatic carbocycles. The van der Waals surface area contributed by atoms with Crippen LogP contribution in [0.2, 0.25) is 0 Å². The number of hydrogen-bond acceptors (Lipinski definition) is 3. The zero-order chi connectivity index (χ0) is 20.4. The molecule has 148 valence electrons. The van der Waals surface area contributed by atoms with Crippen molar-refractivity contribution in [3.05, 3.63) is 59.7 Å². The van der Waals surface area contributed by atoms with Gasteiger partial charge in [0.15, 0.2) is 0 Å². The van der Waals surface area contributed by atoms with Gasteiger partial charge in [-0.2, -0.15) is 0 Å². The van der Waals surface area contributed by atoms with Gasteiger partial charge in [-0.05, 0) is 42.0 Å². The van der Waals surface area contributed by atoms with Crippen LogP contribution in [-0.4, -0.2) is 29.8 Å². The van der Waals surface area contributed by atoms with Gasteiger partial charge in [-0.1, -0.05) is 48.5 Å². The summed E-state index contributed by atoms with van der Waals surface area (Å²) < 4.78 is 5.50. The van der Waals surface area contributed by atoms with Crippen LogP contribution in [0.15, 0.2) is 48.5 Å². The highest BCUT2D eigenvalue weighted by Gasteiger charge is 2.53. The first-order valence-corrected chi connectivity index (χ1v) is 9.80. The van der Waals surface area contributed by atoms with E-state index in [0.717, 1.165) is 35.1 Å². The topological polar surface area (TPSA) is 75.6 Å². The first-order valence-electron chi connectivity index (χ1n) is 9.80. The summed E-state index contributed by atoms with van der Waals surface area (Å²) in [5, 5.41) is 12.2. The van der Waals surface area contributed by atoms with E-state index in [1.165, 1.54) is 0 Å². The standard InChI is InChI=1S/C24H23NO4/c1-2-3-12-24(13-14-24)21(22(26)27)25-23(28)29-15-20-18-10-6-4-8-16(18)17-9-5-7-11-19(17)20/h4-11,20-21H,12-15H2,1H3,(H,25,28)(H,26,27)/t21-/m0/s1. The highest BCUT2D eigenvalue weighted by atomic mass is 16.5. The van der Waals surface area contributed by atoms with Crippen LogP contribution < -0.4 is 5.32 Å². The third-order valence-electron chi connectivity index (χ3n) is 5.97. The zero-order valence-corrected chi connectivity index (χ0v) is 16.3. The Bertz CT molecular complexity index is 967. The van der Waals surface area contributed by atoms with Crippen molar-refractivity contribution in [2.24, 2.45) is 5.41 Å². The van der Waals surface area contributed by atoms with Gasteiger partial charge in [-0.3, -0.25) is 0 Å². The number of carboxylic acids is 1. The second kappa shape index (κ2) is 7.63. The number of alkyl carbamates (subject to hydrolysis) is 1. The van der Waals surface area contributed by atoms with Crippen molar-refractivity contribution in [2.75, 3.05) is 6.61 Å². The average molecular weight is 389 g/mol. The van der Waals surface area contributed by atoms with E-state index in [1.54, 1.807) is 6.92 Å². The molecule has 29 heavy (non-hydrogen) atoms. The molecule has 1 saturated carbocycles. The smallest absolute Gasteiger partial charge is 0.407 e. The number of benzene rings is 2. The molecule has 0 radical (unpaired) electrons. The van der Waals surface area contributed by atoms with Gasteiger partial charge in [0.25, 0.3) is 0 Å². The number of hydrogen-bond donors (Lipinski definition) is 2. The Labute approximate surface area is 170 Å². The van der Waals surface area contributed by atoms with Gasteiger partial charge >= 0.3 is 12.1 Å². The Morgan fingerprint density at radius 1 is 1.14 bits per heavy atom. The molecule has 2 aromatic rings. The molecule has 1 atom stereocenters. The maximum Gasteiger partial charge on any atom is 0.407 e. The summed E-state index contributed by atoms with van der Waals surface area (Å²) in [5.74, 6) is 4.65.